The van der Waals surface area contributed by atoms with Crippen LogP contribution in [0.5, 0.6) is 0 Å². The summed E-state index contributed by atoms with van der Waals surface area (Å²) >= 11 is 0. The van der Waals surface area contributed by atoms with Crippen LogP contribution in [0.15, 0.2) is 48.9 Å². The van der Waals surface area contributed by atoms with Crippen LogP contribution in [-0.2, 0) is 29.8 Å². The average Bonchev–Trinajstić information content (AvgIpc) is 3.10. The predicted octanol–water partition coefficient (Wildman–Crippen LogP) is 2.55. The molecule has 3 amide bonds. The third-order valence-electron chi connectivity index (χ3n) is 8.27. The third-order valence-corrected chi connectivity index (χ3v) is 11.1. The fourth-order valence-corrected chi connectivity index (χ4v) is 7.22. The van der Waals surface area contributed by atoms with Crippen LogP contribution < -0.4 is 16.0 Å². The van der Waals surface area contributed by atoms with E-state index in [1.165, 1.54) is 18.6 Å². The molecule has 3 rings (SSSR count). The van der Waals surface area contributed by atoms with Gasteiger partial charge >= 0.3 is 20.8 Å². The van der Waals surface area contributed by atoms with Gasteiger partial charge in [0.15, 0.2) is 0 Å². The van der Waals surface area contributed by atoms with Crippen molar-refractivity contribution in [1.29, 1.82) is 0 Å². The van der Waals surface area contributed by atoms with Crippen LogP contribution in [0, 0.1) is 5.92 Å². The maximum Gasteiger partial charge on any atom is 0.480 e. The smallest absolute Gasteiger partial charge is 0.450 e. The van der Waals surface area contributed by atoms with E-state index in [-0.39, 0.29) is 30.5 Å². The predicted molar refractivity (Wildman–Crippen MR) is 198 cm³/mol. The highest BCUT2D eigenvalue weighted by molar-refractivity contribution is 7.67. The monoisotopic (exact) mass is 782 g/mol. The summed E-state index contributed by atoms with van der Waals surface area (Å²) in [6, 6.07) is 8.57. The highest BCUT2D eigenvalue weighted by Gasteiger charge is 2.38. The molecular formula is C33H53BN6O11P2. The normalized spacial score (nSPS) is 16.9. The standard InChI is InChI=1S/C33H53BN6O11P2/c1-25(2)22-29(38-30(41)27(23-26-12-4-3-5-13-26)37-31(42)28-24-35-14-15-36-28)34-50-20-10-7-17-40(18-8-11-21-51-34)16-6-9-19-49-32(43)39-33(52(44)45)53(46,47)48/h3-5,12-15,24-25,27,29,33,44-45H,6-11,16-23H2,1-2H3,(H,37,42)(H,38,41)(H,39,43)(H2,46,47,48)/t27-,29-,33?/m1/s1. The van der Waals surface area contributed by atoms with E-state index in [4.69, 9.17) is 23.8 Å². The van der Waals surface area contributed by atoms with Crippen LogP contribution in [-0.4, -0.2) is 116 Å². The Kier molecular flexibility index (Phi) is 19.8. The van der Waals surface area contributed by atoms with Gasteiger partial charge in [-0.15, -0.1) is 0 Å². The molecule has 0 aliphatic carbocycles. The van der Waals surface area contributed by atoms with E-state index in [1.54, 1.807) is 0 Å². The minimum absolute atomic E-state index is 0.000567. The molecule has 53 heavy (non-hydrogen) atoms. The van der Waals surface area contributed by atoms with Gasteiger partial charge in [-0.1, -0.05) is 44.2 Å². The largest absolute Gasteiger partial charge is 0.480 e. The number of nitrogens with one attached hydrogen (secondary N) is 3. The maximum atomic E-state index is 13.9. The van der Waals surface area contributed by atoms with Crippen molar-refractivity contribution in [2.75, 3.05) is 39.5 Å². The molecule has 7 N–H and O–H groups in total. The Morgan fingerprint density at radius 1 is 0.981 bits per heavy atom. The van der Waals surface area contributed by atoms with E-state index in [2.05, 4.69) is 39.3 Å². The molecule has 1 fully saturated rings. The van der Waals surface area contributed by atoms with E-state index in [0.717, 1.165) is 50.9 Å². The molecule has 20 heteroatoms. The Morgan fingerprint density at radius 3 is 2.25 bits per heavy atom. The highest BCUT2D eigenvalue weighted by Crippen LogP contribution is 2.53. The van der Waals surface area contributed by atoms with Gasteiger partial charge in [0, 0.05) is 32.0 Å². The van der Waals surface area contributed by atoms with Crippen molar-refractivity contribution in [3.05, 3.63) is 60.2 Å². The van der Waals surface area contributed by atoms with Crippen LogP contribution in [0.2, 0.25) is 0 Å². The van der Waals surface area contributed by atoms with E-state index < -0.39 is 52.6 Å². The first-order valence-corrected chi connectivity index (χ1v) is 20.9. The Balaban J connectivity index is 1.52. The molecule has 1 aliphatic rings. The van der Waals surface area contributed by atoms with Gasteiger partial charge in [0.25, 0.3) is 5.91 Å². The van der Waals surface area contributed by atoms with E-state index in [0.29, 0.717) is 32.5 Å². The summed E-state index contributed by atoms with van der Waals surface area (Å²) in [5, 5.41) is 7.79. The van der Waals surface area contributed by atoms with Gasteiger partial charge in [-0.3, -0.25) is 24.5 Å². The number of hydrogen-bond acceptors (Lipinski definition) is 12. The summed E-state index contributed by atoms with van der Waals surface area (Å²) in [5.41, 5.74) is -1.11. The molecule has 0 spiro atoms. The second kappa shape index (κ2) is 23.7. The number of aromatic nitrogens is 2. The molecule has 1 saturated heterocycles. The molecule has 0 saturated carbocycles. The van der Waals surface area contributed by atoms with Crippen molar-refractivity contribution < 1.29 is 52.6 Å². The molecule has 1 aromatic carbocycles. The fraction of sp³-hybridized carbons (Fsp3) is 0.606. The van der Waals surface area contributed by atoms with Crippen molar-refractivity contribution in [1.82, 2.24) is 30.8 Å². The minimum atomic E-state index is -4.96. The number of carbonyl (C=O) groups is 3. The van der Waals surface area contributed by atoms with Crippen molar-refractivity contribution in [2.45, 2.75) is 82.7 Å². The molecule has 0 bridgehead atoms. The van der Waals surface area contributed by atoms with Gasteiger partial charge in [-0.05, 0) is 76.1 Å². The second-order valence-electron chi connectivity index (χ2n) is 13.2. The molecule has 1 unspecified atom stereocenters. The van der Waals surface area contributed by atoms with Gasteiger partial charge < -0.3 is 49.2 Å². The Morgan fingerprint density at radius 2 is 1.66 bits per heavy atom. The Bertz CT molecular complexity index is 1420. The van der Waals surface area contributed by atoms with Gasteiger partial charge in [0.1, 0.15) is 11.7 Å². The fourth-order valence-electron chi connectivity index (χ4n) is 5.65. The number of ether oxygens (including phenoxy) is 1. The van der Waals surface area contributed by atoms with Crippen molar-refractivity contribution >= 4 is 41.0 Å². The number of hydrogen-bond donors (Lipinski definition) is 7. The van der Waals surface area contributed by atoms with E-state index in [1.807, 2.05) is 35.6 Å². The lowest BCUT2D eigenvalue weighted by Crippen LogP contribution is -2.56. The number of alkyl carbamates (subject to hydrolysis) is 1. The van der Waals surface area contributed by atoms with Crippen LogP contribution in [0.4, 0.5) is 4.79 Å². The Hall–Kier alpha value is -3.05. The lowest BCUT2D eigenvalue weighted by atomic mass is 9.73. The van der Waals surface area contributed by atoms with E-state index >= 15 is 0 Å². The second-order valence-corrected chi connectivity index (χ2v) is 16.4. The molecule has 1 aliphatic heterocycles. The van der Waals surface area contributed by atoms with Gasteiger partial charge in [0.05, 0.1) is 18.7 Å². The van der Waals surface area contributed by atoms with Gasteiger partial charge in [-0.2, -0.15) is 0 Å². The molecule has 17 nitrogen and oxygen atoms in total. The molecule has 2 heterocycles. The number of carbonyl (C=O) groups excluding carboxylic acids is 3. The minimum Gasteiger partial charge on any atom is -0.450 e. The van der Waals surface area contributed by atoms with Crippen LogP contribution in [0.3, 0.4) is 0 Å². The molecule has 294 valence electrons. The summed E-state index contributed by atoms with van der Waals surface area (Å²) in [7, 11) is -8.73. The number of rotatable bonds is 17. The maximum absolute atomic E-state index is 13.9. The summed E-state index contributed by atoms with van der Waals surface area (Å²) < 4.78 is 28.8. The summed E-state index contributed by atoms with van der Waals surface area (Å²) in [6.07, 6.45) is 8.42. The van der Waals surface area contributed by atoms with Crippen molar-refractivity contribution in [3.8, 4) is 0 Å². The first-order valence-electron chi connectivity index (χ1n) is 17.9. The average molecular weight is 783 g/mol. The van der Waals surface area contributed by atoms with Gasteiger partial charge in [0.2, 0.25) is 19.8 Å². The molecular weight excluding hydrogens is 729 g/mol. The van der Waals surface area contributed by atoms with Crippen LogP contribution in [0.25, 0.3) is 0 Å². The Labute approximate surface area is 312 Å². The van der Waals surface area contributed by atoms with Crippen molar-refractivity contribution in [3.63, 3.8) is 0 Å². The zero-order valence-corrected chi connectivity index (χ0v) is 32.1. The number of amides is 3. The summed E-state index contributed by atoms with van der Waals surface area (Å²) in [5.74, 6) is -1.10. The zero-order valence-electron chi connectivity index (χ0n) is 30.3. The summed E-state index contributed by atoms with van der Waals surface area (Å²) in [4.78, 5) is 85.8. The highest BCUT2D eigenvalue weighted by atomic mass is 31.2. The quantitative estimate of drug-likeness (QED) is 0.0694. The molecule has 1 aromatic heterocycles. The van der Waals surface area contributed by atoms with Crippen LogP contribution in [0.1, 0.15) is 74.8 Å². The topological polar surface area (TPSA) is 242 Å². The van der Waals surface area contributed by atoms with Gasteiger partial charge in [-0.25, -0.2) is 9.78 Å². The number of unbranched alkanes of at least 4 members (excludes halogenated alkanes) is 1. The first kappa shape index (κ1) is 44.4. The molecule has 3 atom stereocenters. The molecule has 2 aromatic rings. The summed E-state index contributed by atoms with van der Waals surface area (Å²) in [6.45, 7) is 7.37. The SMILES string of the molecule is CC(C)C[C@@H](NC(=O)[C@@H](Cc1ccccc1)NC(=O)c1cnccn1)B1OCCCCN(CCCCOC(=O)NC(P(O)O)P(=O)(O)O)CCCCO1. The number of nitrogens with zero attached hydrogens (tertiary/aromatic N) is 3. The van der Waals surface area contributed by atoms with Crippen molar-refractivity contribution in [2.24, 2.45) is 5.92 Å². The van der Waals surface area contributed by atoms with E-state index in [9.17, 15) is 28.7 Å². The number of benzene rings is 1. The first-order chi connectivity index (χ1) is 25.3. The lowest BCUT2D eigenvalue weighted by Gasteiger charge is -2.29. The third kappa shape index (κ3) is 17.3. The lowest BCUT2D eigenvalue weighted by molar-refractivity contribution is -0.123. The molecule has 0 radical (unpaired) electrons. The van der Waals surface area contributed by atoms with Crippen LogP contribution >= 0.6 is 16.0 Å². The zero-order chi connectivity index (χ0) is 38.6.